The van der Waals surface area contributed by atoms with Crippen LogP contribution in [0.25, 0.3) is 22.6 Å². The third-order valence-electron chi connectivity index (χ3n) is 8.98. The second-order valence-electron chi connectivity index (χ2n) is 11.8. The highest BCUT2D eigenvalue weighted by Crippen LogP contribution is 2.37. The molecule has 222 valence electrons. The van der Waals surface area contributed by atoms with Gasteiger partial charge in [0, 0.05) is 55.6 Å². The summed E-state index contributed by atoms with van der Waals surface area (Å²) in [7, 11) is 1.77. The third kappa shape index (κ3) is 4.62. The van der Waals surface area contributed by atoms with Crippen molar-refractivity contribution in [3.05, 3.63) is 83.9 Å². The Balaban J connectivity index is 1.04. The maximum atomic E-state index is 14.0. The predicted octanol–water partition coefficient (Wildman–Crippen LogP) is 3.62. The van der Waals surface area contributed by atoms with Crippen LogP contribution >= 0.6 is 0 Å². The number of oxazole rings is 1. The molecule has 3 fully saturated rings. The smallest absolute Gasteiger partial charge is 0.273 e. The Morgan fingerprint density at radius 2 is 1.84 bits per heavy atom. The van der Waals surface area contributed by atoms with Gasteiger partial charge in [-0.1, -0.05) is 30.3 Å². The van der Waals surface area contributed by atoms with E-state index in [2.05, 4.69) is 37.4 Å². The predicted molar refractivity (Wildman–Crippen MR) is 160 cm³/mol. The molecule has 12 nitrogen and oxygen atoms in total. The summed E-state index contributed by atoms with van der Waals surface area (Å²) in [5.74, 6) is 1.11. The van der Waals surface area contributed by atoms with Crippen LogP contribution in [0, 0.1) is 0 Å². The highest BCUT2D eigenvalue weighted by Gasteiger charge is 2.45. The standard InChI is InChI=1S/C32H31N9O3/c1-38-36-30(35-37-38)29(20-6-3-2-4-7-20)39-18-23-9-10-24(19-39)41(23)32(43)26-16-21(13-14-33-26)31-34-25-17-22(11-12-27(25)44-31)40-15-5-8-28(40)42/h2-4,6-7,11-14,16-17,23-24,29H,5,8-10,15,18-19H2,1H3/t23?,24?,29-/m0/s1. The van der Waals surface area contributed by atoms with Gasteiger partial charge in [0.1, 0.15) is 11.2 Å². The molecule has 3 saturated heterocycles. The minimum Gasteiger partial charge on any atom is -0.436 e. The number of rotatable bonds is 6. The number of hydrogen-bond donors (Lipinski definition) is 0. The lowest BCUT2D eigenvalue weighted by molar-refractivity contribution is -0.117. The number of aryl methyl sites for hydroxylation is 1. The van der Waals surface area contributed by atoms with Crippen molar-refractivity contribution in [1.82, 2.24) is 40.0 Å². The van der Waals surface area contributed by atoms with Crippen molar-refractivity contribution in [1.29, 1.82) is 0 Å². The minimum absolute atomic E-state index is 0.0469. The molecule has 3 aliphatic heterocycles. The van der Waals surface area contributed by atoms with E-state index in [1.807, 2.05) is 41.3 Å². The van der Waals surface area contributed by atoms with E-state index >= 15 is 0 Å². The van der Waals surface area contributed by atoms with E-state index in [9.17, 15) is 9.59 Å². The number of tetrazole rings is 1. The van der Waals surface area contributed by atoms with Crippen molar-refractivity contribution in [3.63, 3.8) is 0 Å². The molecule has 3 aliphatic rings. The van der Waals surface area contributed by atoms with Gasteiger partial charge in [-0.05, 0) is 60.4 Å². The average Bonchev–Trinajstić information content (AvgIpc) is 3.83. The van der Waals surface area contributed by atoms with Gasteiger partial charge in [-0.25, -0.2) is 4.98 Å². The van der Waals surface area contributed by atoms with Crippen LogP contribution in [-0.4, -0.2) is 83.5 Å². The Kier molecular flexibility index (Phi) is 6.44. The Morgan fingerprint density at radius 1 is 1.02 bits per heavy atom. The first-order chi connectivity index (χ1) is 21.5. The average molecular weight is 590 g/mol. The molecule has 0 spiro atoms. The number of nitrogens with zero attached hydrogens (tertiary/aromatic N) is 9. The maximum absolute atomic E-state index is 14.0. The summed E-state index contributed by atoms with van der Waals surface area (Å²) in [6, 6.07) is 19.4. The molecule has 0 N–H and O–H groups in total. The molecule has 0 aliphatic carbocycles. The van der Waals surface area contributed by atoms with Crippen LogP contribution in [0.3, 0.4) is 0 Å². The van der Waals surface area contributed by atoms with Crippen LogP contribution in [0.2, 0.25) is 0 Å². The largest absolute Gasteiger partial charge is 0.436 e. The third-order valence-corrected chi connectivity index (χ3v) is 8.98. The second-order valence-corrected chi connectivity index (χ2v) is 11.8. The summed E-state index contributed by atoms with van der Waals surface area (Å²) in [5, 5.41) is 13.0. The summed E-state index contributed by atoms with van der Waals surface area (Å²) in [4.78, 5) is 43.0. The van der Waals surface area contributed by atoms with Crippen LogP contribution in [0.4, 0.5) is 5.69 Å². The molecule has 12 heteroatoms. The molecule has 6 heterocycles. The summed E-state index contributed by atoms with van der Waals surface area (Å²) < 4.78 is 6.07. The molecule has 3 atom stereocenters. The van der Waals surface area contributed by atoms with Crippen LogP contribution < -0.4 is 4.90 Å². The summed E-state index contributed by atoms with van der Waals surface area (Å²) >= 11 is 0. The maximum Gasteiger partial charge on any atom is 0.273 e. The molecule has 5 aromatic rings. The number of fused-ring (bicyclic) bond motifs is 3. The van der Waals surface area contributed by atoms with Gasteiger partial charge >= 0.3 is 0 Å². The van der Waals surface area contributed by atoms with Crippen LogP contribution in [-0.2, 0) is 11.8 Å². The second kappa shape index (κ2) is 10.6. The number of carbonyl (C=O) groups excluding carboxylic acids is 2. The normalized spacial score (nSPS) is 21.0. The fraction of sp³-hybridized carbons (Fsp3) is 0.344. The van der Waals surface area contributed by atoms with Gasteiger partial charge in [0.15, 0.2) is 11.4 Å². The van der Waals surface area contributed by atoms with Crippen molar-refractivity contribution in [3.8, 4) is 11.5 Å². The lowest BCUT2D eigenvalue weighted by Gasteiger charge is -2.43. The summed E-state index contributed by atoms with van der Waals surface area (Å²) in [6.45, 7) is 2.12. The van der Waals surface area contributed by atoms with E-state index in [0.717, 1.165) is 30.5 Å². The van der Waals surface area contributed by atoms with Crippen molar-refractivity contribution in [2.75, 3.05) is 24.5 Å². The number of amides is 2. The fourth-order valence-corrected chi connectivity index (χ4v) is 6.99. The van der Waals surface area contributed by atoms with Crippen LogP contribution in [0.5, 0.6) is 0 Å². The topological polar surface area (TPSA) is 126 Å². The van der Waals surface area contributed by atoms with E-state index in [1.165, 1.54) is 4.80 Å². The molecule has 0 radical (unpaired) electrons. The molecule has 8 rings (SSSR count). The zero-order chi connectivity index (χ0) is 29.8. The Hall–Kier alpha value is -4.97. The highest BCUT2D eigenvalue weighted by atomic mass is 16.3. The number of hydrogen-bond acceptors (Lipinski definition) is 9. The SMILES string of the molecule is Cn1nnc([C@H](c2ccccc2)N2CC3CCC(C2)N3C(=O)c2cc(-c3nc4cc(N5CCCC5=O)ccc4o3)ccn2)n1. The number of anilines is 1. The Morgan fingerprint density at radius 3 is 2.57 bits per heavy atom. The zero-order valence-electron chi connectivity index (χ0n) is 24.3. The molecule has 2 unspecified atom stereocenters. The quantitative estimate of drug-likeness (QED) is 0.292. The van der Waals surface area contributed by atoms with Gasteiger partial charge in [0.25, 0.3) is 5.91 Å². The molecule has 2 aromatic carbocycles. The van der Waals surface area contributed by atoms with Crippen molar-refractivity contribution >= 4 is 28.6 Å². The van der Waals surface area contributed by atoms with Crippen LogP contribution in [0.1, 0.15) is 53.6 Å². The number of aromatic nitrogens is 6. The van der Waals surface area contributed by atoms with Gasteiger partial charge in [-0.2, -0.15) is 4.80 Å². The molecule has 2 bridgehead atoms. The number of piperazine rings is 1. The molecule has 2 amide bonds. The minimum atomic E-state index is -0.144. The first-order valence-corrected chi connectivity index (χ1v) is 15.0. The number of likely N-dealkylation sites (tertiary alicyclic amines) is 1. The number of pyridine rings is 1. The van der Waals surface area contributed by atoms with Crippen molar-refractivity contribution in [2.45, 2.75) is 43.8 Å². The molecular weight excluding hydrogens is 558 g/mol. The van der Waals surface area contributed by atoms with E-state index in [1.54, 1.807) is 30.3 Å². The first kappa shape index (κ1) is 26.6. The summed E-state index contributed by atoms with van der Waals surface area (Å²) in [5.41, 5.74) is 4.27. The monoisotopic (exact) mass is 589 g/mol. The summed E-state index contributed by atoms with van der Waals surface area (Å²) in [6.07, 6.45) is 4.91. The van der Waals surface area contributed by atoms with E-state index in [-0.39, 0.29) is 29.9 Å². The van der Waals surface area contributed by atoms with Gasteiger partial charge in [0.2, 0.25) is 11.8 Å². The van der Waals surface area contributed by atoms with Gasteiger partial charge in [-0.3, -0.25) is 19.5 Å². The molecule has 3 aromatic heterocycles. The Bertz CT molecular complexity index is 1860. The molecule has 0 saturated carbocycles. The van der Waals surface area contributed by atoms with Gasteiger partial charge in [-0.15, -0.1) is 10.2 Å². The lowest BCUT2D eigenvalue weighted by atomic mass is 10.0. The Labute approximate surface area is 253 Å². The molecular formula is C32H31N9O3. The fourth-order valence-electron chi connectivity index (χ4n) is 6.99. The van der Waals surface area contributed by atoms with E-state index in [4.69, 9.17) is 9.40 Å². The van der Waals surface area contributed by atoms with E-state index in [0.29, 0.717) is 60.1 Å². The highest BCUT2D eigenvalue weighted by molar-refractivity contribution is 5.97. The molecule has 44 heavy (non-hydrogen) atoms. The van der Waals surface area contributed by atoms with Gasteiger partial charge < -0.3 is 14.2 Å². The first-order valence-electron chi connectivity index (χ1n) is 15.0. The zero-order valence-corrected chi connectivity index (χ0v) is 24.3. The number of benzene rings is 2. The van der Waals surface area contributed by atoms with Crippen molar-refractivity contribution < 1.29 is 14.0 Å². The lowest BCUT2D eigenvalue weighted by Crippen LogP contribution is -2.56. The van der Waals surface area contributed by atoms with Crippen LogP contribution in [0.15, 0.2) is 71.3 Å². The van der Waals surface area contributed by atoms with Gasteiger partial charge in [0.05, 0.1) is 13.1 Å². The number of carbonyl (C=O) groups is 2. The van der Waals surface area contributed by atoms with E-state index < -0.39 is 0 Å². The van der Waals surface area contributed by atoms with Crippen molar-refractivity contribution in [2.24, 2.45) is 7.05 Å².